The number of hydrazine groups is 1. The first kappa shape index (κ1) is 23.7. The Morgan fingerprint density at radius 1 is 0.939 bits per heavy atom. The molecule has 0 bridgehead atoms. The van der Waals surface area contributed by atoms with E-state index < -0.39 is 10.0 Å². The normalized spacial score (nSPS) is 11.0. The van der Waals surface area contributed by atoms with Crippen LogP contribution in [0.1, 0.15) is 32.6 Å². The van der Waals surface area contributed by atoms with Gasteiger partial charge in [0.2, 0.25) is 10.0 Å². The highest BCUT2D eigenvalue weighted by molar-refractivity contribution is 7.89. The summed E-state index contributed by atoms with van der Waals surface area (Å²) in [6.07, 6.45) is 0. The molecule has 0 spiro atoms. The molecule has 0 aliphatic rings. The minimum atomic E-state index is -3.61. The third kappa shape index (κ3) is 5.86. The summed E-state index contributed by atoms with van der Waals surface area (Å²) in [7, 11) is -2.09. The molecule has 0 saturated carbocycles. The van der Waals surface area contributed by atoms with Crippen molar-refractivity contribution in [1.82, 2.24) is 15.2 Å². The molecule has 3 rings (SSSR count). The van der Waals surface area contributed by atoms with Crippen molar-refractivity contribution in [1.29, 1.82) is 5.26 Å². The van der Waals surface area contributed by atoms with Crippen LogP contribution in [-0.4, -0.2) is 25.7 Å². The Bertz CT molecular complexity index is 1290. The highest BCUT2D eigenvalue weighted by Gasteiger charge is 2.20. The van der Waals surface area contributed by atoms with Crippen molar-refractivity contribution in [2.45, 2.75) is 18.4 Å². The number of aryl methyl sites for hydroxylation is 1. The predicted octanol–water partition coefficient (Wildman–Crippen LogP) is 3.59. The quantitative estimate of drug-likeness (QED) is 0.500. The van der Waals surface area contributed by atoms with Crippen LogP contribution >= 0.6 is 0 Å². The molecule has 1 amide bonds. The molecule has 0 aromatic heterocycles. The van der Waals surface area contributed by atoms with Crippen LogP contribution in [0.3, 0.4) is 0 Å². The largest absolute Gasteiger partial charge is 0.298 e. The fourth-order valence-electron chi connectivity index (χ4n) is 3.02. The van der Waals surface area contributed by atoms with Gasteiger partial charge in [0, 0.05) is 19.2 Å². The number of nitrogens with zero attached hydrogens (tertiary/aromatic N) is 2. The van der Waals surface area contributed by atoms with E-state index in [2.05, 4.69) is 17.4 Å². The number of amides is 1. The van der Waals surface area contributed by atoms with E-state index in [0.29, 0.717) is 16.8 Å². The average Bonchev–Trinajstić information content (AvgIpc) is 2.83. The van der Waals surface area contributed by atoms with E-state index in [1.165, 1.54) is 11.4 Å². The average molecular weight is 461 g/mol. The number of carbonyl (C=O) groups is 1. The maximum atomic E-state index is 12.8. The zero-order chi connectivity index (χ0) is 24.0. The summed E-state index contributed by atoms with van der Waals surface area (Å²) in [5.74, 6) is -0.364. The molecule has 2 N–H and O–H groups in total. The van der Waals surface area contributed by atoms with Gasteiger partial charge >= 0.3 is 0 Å². The second kappa shape index (κ2) is 10.1. The lowest BCUT2D eigenvalue weighted by Crippen LogP contribution is -2.35. The molecule has 0 unspecified atom stereocenters. The van der Waals surface area contributed by atoms with Gasteiger partial charge in [0.15, 0.2) is 0 Å². The Kier molecular flexibility index (Phi) is 7.28. The lowest BCUT2D eigenvalue weighted by molar-refractivity contribution is 0.0942. The second-order valence-corrected chi connectivity index (χ2v) is 9.56. The smallest absolute Gasteiger partial charge is 0.269 e. The van der Waals surface area contributed by atoms with Crippen molar-refractivity contribution >= 4 is 21.6 Å². The molecule has 0 aliphatic heterocycles. The minimum Gasteiger partial charge on any atom is -0.298 e. The Morgan fingerprint density at radius 2 is 1.52 bits per heavy atom. The minimum absolute atomic E-state index is 0.172. The van der Waals surface area contributed by atoms with Crippen molar-refractivity contribution in [2.24, 2.45) is 0 Å². The Hall–Kier alpha value is -3.93. The lowest BCUT2D eigenvalue weighted by Gasteiger charge is -2.17. The number of hydrogen-bond donors (Lipinski definition) is 2. The standard InChI is InChI=1S/C25H24N4O3S/c1-18-4-14-24(15-5-18)33(31,32)29(3)17-21-8-12-23(13-9-21)25(30)28-27-19(2)22-10-6-20(16-26)7-11-22/h4-15,27H,2,17H2,1,3H3,(H,28,30). The van der Waals surface area contributed by atoms with Gasteiger partial charge in [-0.2, -0.15) is 9.57 Å². The maximum absolute atomic E-state index is 12.8. The number of hydrogen-bond acceptors (Lipinski definition) is 5. The number of sulfonamides is 1. The summed E-state index contributed by atoms with van der Waals surface area (Å²) in [5, 5.41) is 8.86. The van der Waals surface area contributed by atoms with E-state index in [1.54, 1.807) is 72.8 Å². The monoisotopic (exact) mass is 460 g/mol. The van der Waals surface area contributed by atoms with Crippen LogP contribution in [0.2, 0.25) is 0 Å². The van der Waals surface area contributed by atoms with E-state index in [0.717, 1.165) is 16.7 Å². The number of nitriles is 1. The Labute approximate surface area is 194 Å². The van der Waals surface area contributed by atoms with Gasteiger partial charge in [0.1, 0.15) is 0 Å². The molecular formula is C25H24N4O3S. The first-order chi connectivity index (χ1) is 15.7. The van der Waals surface area contributed by atoms with Gasteiger partial charge in [-0.25, -0.2) is 8.42 Å². The first-order valence-electron chi connectivity index (χ1n) is 10.1. The van der Waals surface area contributed by atoms with Crippen LogP contribution < -0.4 is 10.9 Å². The molecule has 0 radical (unpaired) electrons. The number of carbonyl (C=O) groups excluding carboxylic acids is 1. The Morgan fingerprint density at radius 3 is 2.09 bits per heavy atom. The maximum Gasteiger partial charge on any atom is 0.269 e. The van der Waals surface area contributed by atoms with Crippen LogP contribution in [0.4, 0.5) is 0 Å². The third-order valence-corrected chi connectivity index (χ3v) is 6.86. The third-order valence-electron chi connectivity index (χ3n) is 5.04. The van der Waals surface area contributed by atoms with Gasteiger partial charge in [-0.15, -0.1) is 0 Å². The summed E-state index contributed by atoms with van der Waals surface area (Å²) in [5.41, 5.74) is 9.23. The molecule has 0 heterocycles. The van der Waals surface area contributed by atoms with Gasteiger partial charge < -0.3 is 0 Å². The van der Waals surface area contributed by atoms with Crippen molar-refractivity contribution in [3.63, 3.8) is 0 Å². The van der Waals surface area contributed by atoms with Crippen molar-refractivity contribution < 1.29 is 13.2 Å². The fourth-order valence-corrected chi connectivity index (χ4v) is 4.18. The van der Waals surface area contributed by atoms with Crippen LogP contribution in [0.5, 0.6) is 0 Å². The molecule has 0 fully saturated rings. The van der Waals surface area contributed by atoms with Gasteiger partial charge in [0.25, 0.3) is 5.91 Å². The molecule has 3 aromatic rings. The van der Waals surface area contributed by atoms with Crippen molar-refractivity contribution in [2.75, 3.05) is 7.05 Å². The number of benzene rings is 3. The molecule has 33 heavy (non-hydrogen) atoms. The zero-order valence-corrected chi connectivity index (χ0v) is 19.2. The first-order valence-corrected chi connectivity index (χ1v) is 11.5. The van der Waals surface area contributed by atoms with E-state index in [4.69, 9.17) is 5.26 Å². The van der Waals surface area contributed by atoms with Crippen LogP contribution in [0, 0.1) is 18.3 Å². The topological polar surface area (TPSA) is 102 Å². The lowest BCUT2D eigenvalue weighted by atomic mass is 10.1. The molecule has 7 nitrogen and oxygen atoms in total. The second-order valence-electron chi connectivity index (χ2n) is 7.52. The number of nitrogens with one attached hydrogen (secondary N) is 2. The molecule has 168 valence electrons. The van der Waals surface area contributed by atoms with Gasteiger partial charge in [-0.3, -0.25) is 15.6 Å². The van der Waals surface area contributed by atoms with Crippen LogP contribution in [-0.2, 0) is 16.6 Å². The van der Waals surface area contributed by atoms with Crippen LogP contribution in [0.15, 0.2) is 84.3 Å². The molecule has 0 saturated heterocycles. The molecule has 8 heteroatoms. The highest BCUT2D eigenvalue weighted by atomic mass is 32.2. The summed E-state index contributed by atoms with van der Waals surface area (Å²) in [6.45, 7) is 5.95. The fraction of sp³-hybridized carbons (Fsp3) is 0.120. The van der Waals surface area contributed by atoms with E-state index in [1.807, 2.05) is 13.0 Å². The molecule has 0 aliphatic carbocycles. The number of rotatable bonds is 8. The van der Waals surface area contributed by atoms with Gasteiger partial charge in [-0.1, -0.05) is 48.5 Å². The van der Waals surface area contributed by atoms with Crippen molar-refractivity contribution in [3.05, 3.63) is 107 Å². The van der Waals surface area contributed by atoms with E-state index in [9.17, 15) is 13.2 Å². The highest BCUT2D eigenvalue weighted by Crippen LogP contribution is 2.18. The zero-order valence-electron chi connectivity index (χ0n) is 18.4. The van der Waals surface area contributed by atoms with Crippen molar-refractivity contribution in [3.8, 4) is 6.07 Å². The van der Waals surface area contributed by atoms with Gasteiger partial charge in [-0.05, 0) is 54.4 Å². The van der Waals surface area contributed by atoms with Gasteiger partial charge in [0.05, 0.1) is 22.2 Å². The summed E-state index contributed by atoms with van der Waals surface area (Å²) in [6, 6.07) is 22.2. The summed E-state index contributed by atoms with van der Waals surface area (Å²) < 4.78 is 26.8. The molecular weight excluding hydrogens is 436 g/mol. The van der Waals surface area contributed by atoms with E-state index >= 15 is 0 Å². The Balaban J connectivity index is 1.58. The molecule has 0 atom stereocenters. The predicted molar refractivity (Wildman–Crippen MR) is 127 cm³/mol. The molecule has 3 aromatic carbocycles. The summed E-state index contributed by atoms with van der Waals surface area (Å²) >= 11 is 0. The summed E-state index contributed by atoms with van der Waals surface area (Å²) in [4.78, 5) is 12.7. The van der Waals surface area contributed by atoms with E-state index in [-0.39, 0.29) is 17.3 Å². The SMILES string of the molecule is C=C(NNC(=O)c1ccc(CN(C)S(=O)(=O)c2ccc(C)cc2)cc1)c1ccc(C#N)cc1. The van der Waals surface area contributed by atoms with Crippen LogP contribution in [0.25, 0.3) is 5.70 Å².